The number of nitrogens with one attached hydrogen (secondary N) is 1. The molecule has 2 unspecified atom stereocenters. The summed E-state index contributed by atoms with van der Waals surface area (Å²) in [7, 11) is -3.89. The summed E-state index contributed by atoms with van der Waals surface area (Å²) < 4.78 is 34.0. The van der Waals surface area contributed by atoms with Crippen LogP contribution in [0.1, 0.15) is 38.1 Å². The van der Waals surface area contributed by atoms with Gasteiger partial charge in [0.25, 0.3) is 15.9 Å². The highest BCUT2D eigenvalue weighted by molar-refractivity contribution is 7.93. The quantitative estimate of drug-likeness (QED) is 0.553. The normalized spacial score (nSPS) is 18.4. The van der Waals surface area contributed by atoms with Crippen molar-refractivity contribution in [3.63, 3.8) is 0 Å². The molecule has 2 aromatic carbocycles. The number of aromatic nitrogens is 1. The number of benzene rings is 2. The molecule has 0 aliphatic carbocycles. The van der Waals surface area contributed by atoms with Crippen LogP contribution in [0.4, 0.5) is 10.5 Å². The van der Waals surface area contributed by atoms with E-state index < -0.39 is 10.0 Å². The van der Waals surface area contributed by atoms with Gasteiger partial charge >= 0.3 is 6.09 Å². The van der Waals surface area contributed by atoms with Gasteiger partial charge in [0.2, 0.25) is 0 Å². The second kappa shape index (κ2) is 10.1. The topological polar surface area (TPSA) is 109 Å². The molecule has 1 saturated heterocycles. The Hall–Kier alpha value is -3.66. The summed E-state index contributed by atoms with van der Waals surface area (Å²) >= 11 is 0. The highest BCUT2D eigenvalue weighted by Gasteiger charge is 2.36. The van der Waals surface area contributed by atoms with Crippen LogP contribution in [0.2, 0.25) is 0 Å². The van der Waals surface area contributed by atoms with Crippen molar-refractivity contribution in [1.29, 1.82) is 0 Å². The average molecular weight is 511 g/mol. The number of para-hydroxylation sites is 1. The summed E-state index contributed by atoms with van der Waals surface area (Å²) in [6.07, 6.45) is 0.954. The number of piperazine rings is 1. The van der Waals surface area contributed by atoms with E-state index in [1.807, 2.05) is 13.8 Å². The number of hydrogen-bond acceptors (Lipinski definition) is 6. The van der Waals surface area contributed by atoms with Gasteiger partial charge in [0.15, 0.2) is 0 Å². The van der Waals surface area contributed by atoms with E-state index in [1.54, 1.807) is 78.4 Å². The summed E-state index contributed by atoms with van der Waals surface area (Å²) in [6.45, 7) is 8.12. The first kappa shape index (κ1) is 25.4. The number of anilines is 1. The first-order valence-electron chi connectivity index (χ1n) is 11.8. The van der Waals surface area contributed by atoms with Gasteiger partial charge in [0.1, 0.15) is 4.90 Å². The number of sulfonamides is 1. The molecule has 0 saturated carbocycles. The van der Waals surface area contributed by atoms with Gasteiger partial charge in [-0.05, 0) is 64.1 Å². The zero-order chi connectivity index (χ0) is 26.0. The fraction of sp³-hybridized carbons (Fsp3) is 0.346. The molecule has 1 fully saturated rings. The van der Waals surface area contributed by atoms with E-state index in [9.17, 15) is 18.0 Å². The zero-order valence-corrected chi connectivity index (χ0v) is 21.5. The van der Waals surface area contributed by atoms with E-state index in [0.29, 0.717) is 29.9 Å². The molecule has 2 atom stereocenters. The number of rotatable bonds is 5. The Kier molecular flexibility index (Phi) is 7.16. The number of carbonyl (C=O) groups is 2. The summed E-state index contributed by atoms with van der Waals surface area (Å²) in [4.78, 5) is 33.3. The molecule has 9 nitrogen and oxygen atoms in total. The molecule has 3 aromatic rings. The van der Waals surface area contributed by atoms with Crippen LogP contribution in [-0.2, 0) is 14.8 Å². The Labute approximate surface area is 211 Å². The second-order valence-corrected chi connectivity index (χ2v) is 10.9. The molecule has 0 radical (unpaired) electrons. The van der Waals surface area contributed by atoms with Crippen molar-refractivity contribution in [2.24, 2.45) is 0 Å². The molecule has 190 valence electrons. The van der Waals surface area contributed by atoms with Gasteiger partial charge in [-0.1, -0.05) is 18.2 Å². The second-order valence-electron chi connectivity index (χ2n) is 9.26. The molecular weight excluding hydrogens is 480 g/mol. The van der Waals surface area contributed by atoms with Gasteiger partial charge in [0.05, 0.1) is 23.7 Å². The van der Waals surface area contributed by atoms with E-state index in [1.165, 1.54) is 6.07 Å². The molecule has 2 amide bonds. The van der Waals surface area contributed by atoms with Crippen molar-refractivity contribution >= 4 is 38.6 Å². The maximum atomic E-state index is 13.2. The van der Waals surface area contributed by atoms with E-state index >= 15 is 0 Å². The van der Waals surface area contributed by atoms with E-state index in [0.717, 1.165) is 5.39 Å². The molecule has 2 heterocycles. The van der Waals surface area contributed by atoms with Gasteiger partial charge in [0, 0.05) is 35.9 Å². The Balaban J connectivity index is 1.46. The molecule has 1 N–H and O–H groups in total. The highest BCUT2D eigenvalue weighted by Crippen LogP contribution is 2.24. The van der Waals surface area contributed by atoms with Gasteiger partial charge in [-0.3, -0.25) is 19.4 Å². The van der Waals surface area contributed by atoms with Crippen LogP contribution in [0, 0.1) is 0 Å². The molecule has 0 spiro atoms. The monoisotopic (exact) mass is 510 g/mol. The Morgan fingerprint density at radius 3 is 2.28 bits per heavy atom. The lowest BCUT2D eigenvalue weighted by Gasteiger charge is -2.43. The zero-order valence-electron chi connectivity index (χ0n) is 20.7. The fourth-order valence-electron chi connectivity index (χ4n) is 4.48. The van der Waals surface area contributed by atoms with Gasteiger partial charge in [-0.25, -0.2) is 13.2 Å². The number of fused-ring (bicyclic) bond motifs is 1. The van der Waals surface area contributed by atoms with Crippen LogP contribution in [0.15, 0.2) is 65.7 Å². The minimum absolute atomic E-state index is 0.0811. The number of pyridine rings is 1. The number of nitrogens with zero attached hydrogens (tertiary/aromatic N) is 3. The molecule has 36 heavy (non-hydrogen) atoms. The molecular formula is C26H30N4O5S. The number of ether oxygens (including phenoxy) is 1. The molecule has 10 heteroatoms. The Morgan fingerprint density at radius 1 is 1.00 bits per heavy atom. The predicted octanol–water partition coefficient (Wildman–Crippen LogP) is 4.12. The Bertz CT molecular complexity index is 1360. The third kappa shape index (κ3) is 5.28. The molecule has 1 aliphatic rings. The average Bonchev–Trinajstić information content (AvgIpc) is 2.82. The summed E-state index contributed by atoms with van der Waals surface area (Å²) in [5.74, 6) is -0.182. The molecule has 0 bridgehead atoms. The maximum Gasteiger partial charge on any atom is 0.410 e. The predicted molar refractivity (Wildman–Crippen MR) is 137 cm³/mol. The van der Waals surface area contributed by atoms with Crippen molar-refractivity contribution in [1.82, 2.24) is 14.8 Å². The van der Waals surface area contributed by atoms with Crippen LogP contribution < -0.4 is 4.72 Å². The summed E-state index contributed by atoms with van der Waals surface area (Å²) in [6, 6.07) is 14.4. The highest BCUT2D eigenvalue weighted by atomic mass is 32.2. The smallest absolute Gasteiger partial charge is 0.410 e. The Morgan fingerprint density at radius 2 is 1.64 bits per heavy atom. The minimum atomic E-state index is -3.89. The number of amides is 2. The van der Waals surface area contributed by atoms with Crippen molar-refractivity contribution in [3.8, 4) is 0 Å². The molecule has 4 rings (SSSR count). The number of carbonyl (C=O) groups excluding carboxylic acids is 2. The van der Waals surface area contributed by atoms with Crippen molar-refractivity contribution in [2.75, 3.05) is 17.8 Å². The molecule has 1 aromatic heterocycles. The number of hydrogen-bond donors (Lipinski definition) is 1. The third-order valence-corrected chi connectivity index (χ3v) is 7.44. The lowest BCUT2D eigenvalue weighted by atomic mass is 10.1. The first-order chi connectivity index (χ1) is 17.1. The van der Waals surface area contributed by atoms with E-state index in [-0.39, 0.29) is 35.1 Å². The van der Waals surface area contributed by atoms with Gasteiger partial charge < -0.3 is 9.64 Å². The van der Waals surface area contributed by atoms with E-state index in [4.69, 9.17) is 4.74 Å². The lowest BCUT2D eigenvalue weighted by molar-refractivity contribution is 0.0124. The van der Waals surface area contributed by atoms with Crippen LogP contribution in [-0.4, -0.2) is 66.5 Å². The molecule has 1 aliphatic heterocycles. The minimum Gasteiger partial charge on any atom is -0.447 e. The van der Waals surface area contributed by atoms with E-state index in [2.05, 4.69) is 9.71 Å². The van der Waals surface area contributed by atoms with Gasteiger partial charge in [-0.15, -0.1) is 0 Å². The fourth-order valence-corrected chi connectivity index (χ4v) is 5.72. The summed E-state index contributed by atoms with van der Waals surface area (Å²) in [5.41, 5.74) is 1.16. The third-order valence-electron chi connectivity index (χ3n) is 6.02. The van der Waals surface area contributed by atoms with Crippen molar-refractivity contribution in [2.45, 2.75) is 50.8 Å². The SMILES string of the molecule is CC(C)OC(=O)N1C(C)CN(C(=O)c2ccc(NS(=O)(=O)c3cccc4cccnc34)cc2)CC1C. The summed E-state index contributed by atoms with van der Waals surface area (Å²) in [5, 5.41) is 0.724. The van der Waals surface area contributed by atoms with Crippen LogP contribution in [0.25, 0.3) is 10.9 Å². The van der Waals surface area contributed by atoms with Crippen LogP contribution >= 0.6 is 0 Å². The van der Waals surface area contributed by atoms with Crippen LogP contribution in [0.5, 0.6) is 0 Å². The largest absolute Gasteiger partial charge is 0.447 e. The van der Waals surface area contributed by atoms with Crippen LogP contribution in [0.3, 0.4) is 0 Å². The first-order valence-corrected chi connectivity index (χ1v) is 13.3. The standard InChI is InChI=1S/C26H30N4O5S/c1-17(2)35-26(32)30-18(3)15-29(16-19(30)4)25(31)21-10-12-22(13-11-21)28-36(33,34)23-9-5-7-20-8-6-14-27-24(20)23/h5-14,17-19,28H,15-16H2,1-4H3. The van der Waals surface area contributed by atoms with Crippen molar-refractivity contribution < 1.29 is 22.7 Å². The maximum absolute atomic E-state index is 13.2. The van der Waals surface area contributed by atoms with Gasteiger partial charge in [-0.2, -0.15) is 0 Å². The van der Waals surface area contributed by atoms with Crippen molar-refractivity contribution in [3.05, 3.63) is 66.4 Å². The lowest BCUT2D eigenvalue weighted by Crippen LogP contribution is -2.60.